The van der Waals surface area contributed by atoms with Crippen molar-refractivity contribution in [3.05, 3.63) is 30.5 Å². The minimum absolute atomic E-state index is 0.0585. The fourth-order valence-corrected chi connectivity index (χ4v) is 2.77. The zero-order chi connectivity index (χ0) is 15.4. The molecule has 116 valence electrons. The number of aromatic nitrogens is 4. The quantitative estimate of drug-likeness (QED) is 0.887. The topological polar surface area (TPSA) is 84.0 Å². The highest BCUT2D eigenvalue weighted by molar-refractivity contribution is 5.77. The number of nitrogens with zero attached hydrogens (tertiary/aromatic N) is 4. The van der Waals surface area contributed by atoms with Crippen LogP contribution < -0.4 is 0 Å². The largest absolute Gasteiger partial charge is 0.375 e. The fraction of sp³-hybridized carbons (Fsp3) is 0.467. The van der Waals surface area contributed by atoms with Gasteiger partial charge in [0, 0.05) is 38.2 Å². The van der Waals surface area contributed by atoms with Crippen LogP contribution in [0.15, 0.2) is 24.8 Å². The third-order valence-electron chi connectivity index (χ3n) is 3.88. The van der Waals surface area contributed by atoms with E-state index < -0.39 is 0 Å². The molecule has 1 aliphatic rings. The number of hydrogen-bond donors (Lipinski definition) is 1. The molecule has 1 fully saturated rings. The van der Waals surface area contributed by atoms with Gasteiger partial charge < -0.3 is 9.64 Å². The minimum atomic E-state index is 0.0585. The first-order valence-electron chi connectivity index (χ1n) is 7.33. The Balaban J connectivity index is 1.62. The second-order valence-corrected chi connectivity index (χ2v) is 5.51. The van der Waals surface area contributed by atoms with Gasteiger partial charge in [-0.1, -0.05) is 0 Å². The molecular formula is C15H19N5O2. The molecular weight excluding hydrogens is 282 g/mol. The number of carbonyl (C=O) groups is 1. The molecule has 1 aliphatic heterocycles. The Morgan fingerprint density at radius 2 is 2.36 bits per heavy atom. The molecule has 1 unspecified atom stereocenters. The maximum Gasteiger partial charge on any atom is 0.248 e. The number of ether oxygens (including phenoxy) is 1. The van der Waals surface area contributed by atoms with Crippen LogP contribution in [0.2, 0.25) is 0 Å². The summed E-state index contributed by atoms with van der Waals surface area (Å²) in [5.74, 6) is 0.484. The zero-order valence-electron chi connectivity index (χ0n) is 12.5. The van der Waals surface area contributed by atoms with Gasteiger partial charge in [-0.2, -0.15) is 5.10 Å². The van der Waals surface area contributed by atoms with Crippen LogP contribution in [0.1, 0.15) is 12.1 Å². The van der Waals surface area contributed by atoms with Gasteiger partial charge in [0.15, 0.2) is 0 Å². The number of nitrogens with one attached hydrogen (secondary N) is 1. The number of likely N-dealkylation sites (tertiary alicyclic amines) is 1. The molecule has 3 heterocycles. The van der Waals surface area contributed by atoms with Crippen LogP contribution in [0.5, 0.6) is 0 Å². The monoisotopic (exact) mass is 301 g/mol. The van der Waals surface area contributed by atoms with E-state index in [1.54, 1.807) is 31.9 Å². The predicted molar refractivity (Wildman–Crippen MR) is 79.9 cm³/mol. The minimum Gasteiger partial charge on any atom is -0.375 e. The summed E-state index contributed by atoms with van der Waals surface area (Å²) in [7, 11) is 1.54. The van der Waals surface area contributed by atoms with Crippen LogP contribution in [0.25, 0.3) is 11.3 Å². The SMILES string of the molecule is COCC(=O)N1CCC(Cc2cncc(-c3cn[nH]c3)n2)C1. The molecule has 3 rings (SSSR count). The molecule has 1 N–H and O–H groups in total. The Morgan fingerprint density at radius 3 is 3.14 bits per heavy atom. The van der Waals surface area contributed by atoms with Gasteiger partial charge in [-0.05, 0) is 18.8 Å². The van der Waals surface area contributed by atoms with E-state index >= 15 is 0 Å². The Hall–Kier alpha value is -2.28. The van der Waals surface area contributed by atoms with Crippen molar-refractivity contribution in [1.29, 1.82) is 0 Å². The zero-order valence-corrected chi connectivity index (χ0v) is 12.5. The molecule has 1 saturated heterocycles. The fourth-order valence-electron chi connectivity index (χ4n) is 2.77. The van der Waals surface area contributed by atoms with E-state index in [-0.39, 0.29) is 12.5 Å². The average molecular weight is 301 g/mol. The highest BCUT2D eigenvalue weighted by Crippen LogP contribution is 2.21. The molecule has 0 saturated carbocycles. The van der Waals surface area contributed by atoms with Crippen molar-refractivity contribution in [2.75, 3.05) is 26.8 Å². The summed E-state index contributed by atoms with van der Waals surface area (Å²) in [6, 6.07) is 0. The summed E-state index contributed by atoms with van der Waals surface area (Å²) >= 11 is 0. The number of aromatic amines is 1. The number of hydrogen-bond acceptors (Lipinski definition) is 5. The number of carbonyl (C=O) groups excluding carboxylic acids is 1. The standard InChI is InChI=1S/C15H19N5O2/c1-22-10-15(21)20-3-2-11(9-20)4-13-7-16-8-14(19-13)12-5-17-18-6-12/h5-8,11H,2-4,9-10H2,1H3,(H,17,18). The normalized spacial score (nSPS) is 17.9. The van der Waals surface area contributed by atoms with E-state index in [1.807, 2.05) is 4.90 Å². The molecule has 7 nitrogen and oxygen atoms in total. The summed E-state index contributed by atoms with van der Waals surface area (Å²) in [4.78, 5) is 22.6. The molecule has 0 spiro atoms. The molecule has 0 aromatic carbocycles. The molecule has 2 aromatic heterocycles. The molecule has 1 atom stereocenters. The third kappa shape index (κ3) is 3.30. The lowest BCUT2D eigenvalue weighted by molar-refractivity contribution is -0.134. The Morgan fingerprint density at radius 1 is 1.45 bits per heavy atom. The highest BCUT2D eigenvalue weighted by Gasteiger charge is 2.26. The van der Waals surface area contributed by atoms with E-state index in [4.69, 9.17) is 4.74 Å². The van der Waals surface area contributed by atoms with Crippen LogP contribution in [-0.2, 0) is 16.0 Å². The van der Waals surface area contributed by atoms with Crippen LogP contribution in [0.4, 0.5) is 0 Å². The second-order valence-electron chi connectivity index (χ2n) is 5.51. The van der Waals surface area contributed by atoms with Crippen molar-refractivity contribution in [3.8, 4) is 11.3 Å². The second kappa shape index (κ2) is 6.65. The molecule has 22 heavy (non-hydrogen) atoms. The van der Waals surface area contributed by atoms with E-state index in [0.717, 1.165) is 42.9 Å². The lowest BCUT2D eigenvalue weighted by atomic mass is 10.0. The first-order valence-corrected chi connectivity index (χ1v) is 7.33. The van der Waals surface area contributed by atoms with Crippen molar-refractivity contribution in [2.24, 2.45) is 5.92 Å². The van der Waals surface area contributed by atoms with Crippen molar-refractivity contribution in [2.45, 2.75) is 12.8 Å². The molecule has 1 amide bonds. The van der Waals surface area contributed by atoms with E-state index in [2.05, 4.69) is 20.2 Å². The predicted octanol–water partition coefficient (Wildman–Crippen LogP) is 0.904. The lowest BCUT2D eigenvalue weighted by Gasteiger charge is -2.15. The maximum absolute atomic E-state index is 11.8. The average Bonchev–Trinajstić information content (AvgIpc) is 3.19. The van der Waals surface area contributed by atoms with E-state index in [1.165, 1.54) is 0 Å². The summed E-state index contributed by atoms with van der Waals surface area (Å²) in [5, 5.41) is 6.71. The number of H-pyrrole nitrogens is 1. The van der Waals surface area contributed by atoms with Crippen molar-refractivity contribution in [1.82, 2.24) is 25.1 Å². The van der Waals surface area contributed by atoms with Crippen LogP contribution in [0.3, 0.4) is 0 Å². The van der Waals surface area contributed by atoms with Gasteiger partial charge in [0.25, 0.3) is 0 Å². The molecule has 0 aliphatic carbocycles. The van der Waals surface area contributed by atoms with Gasteiger partial charge in [0.05, 0.1) is 23.8 Å². The molecule has 0 radical (unpaired) electrons. The van der Waals surface area contributed by atoms with Crippen molar-refractivity contribution in [3.63, 3.8) is 0 Å². The molecule has 2 aromatic rings. The summed E-state index contributed by atoms with van der Waals surface area (Å²) in [5.41, 5.74) is 2.69. The number of rotatable bonds is 5. The third-order valence-corrected chi connectivity index (χ3v) is 3.88. The van der Waals surface area contributed by atoms with Crippen LogP contribution >= 0.6 is 0 Å². The first-order chi connectivity index (χ1) is 10.8. The smallest absolute Gasteiger partial charge is 0.248 e. The summed E-state index contributed by atoms with van der Waals surface area (Å²) in [6.07, 6.45) is 8.88. The number of methoxy groups -OCH3 is 1. The summed E-state index contributed by atoms with van der Waals surface area (Å²) in [6.45, 7) is 1.71. The highest BCUT2D eigenvalue weighted by atomic mass is 16.5. The Bertz CT molecular complexity index is 629. The Kier molecular flexibility index (Phi) is 4.43. The van der Waals surface area contributed by atoms with Gasteiger partial charge in [-0.3, -0.25) is 14.9 Å². The van der Waals surface area contributed by atoms with Crippen molar-refractivity contribution < 1.29 is 9.53 Å². The number of amides is 1. The van der Waals surface area contributed by atoms with Gasteiger partial charge in [-0.25, -0.2) is 4.98 Å². The first kappa shape index (κ1) is 14.6. The van der Waals surface area contributed by atoms with Crippen LogP contribution in [0, 0.1) is 5.92 Å². The van der Waals surface area contributed by atoms with Gasteiger partial charge in [-0.15, -0.1) is 0 Å². The molecule has 7 heteroatoms. The molecule has 0 bridgehead atoms. The van der Waals surface area contributed by atoms with Gasteiger partial charge in [0.1, 0.15) is 6.61 Å². The van der Waals surface area contributed by atoms with E-state index in [0.29, 0.717) is 5.92 Å². The van der Waals surface area contributed by atoms with Crippen molar-refractivity contribution >= 4 is 5.91 Å². The van der Waals surface area contributed by atoms with Gasteiger partial charge in [0.2, 0.25) is 5.91 Å². The van der Waals surface area contributed by atoms with Gasteiger partial charge >= 0.3 is 0 Å². The van der Waals surface area contributed by atoms with Crippen LogP contribution in [-0.4, -0.2) is 57.8 Å². The summed E-state index contributed by atoms with van der Waals surface area (Å²) < 4.78 is 4.90. The Labute approximate surface area is 128 Å². The van der Waals surface area contributed by atoms with E-state index in [9.17, 15) is 4.79 Å². The lowest BCUT2D eigenvalue weighted by Crippen LogP contribution is -2.31. The maximum atomic E-state index is 11.8.